The number of carbonyl (C=O) groups excluding carboxylic acids is 4. The Labute approximate surface area is 118 Å². The van der Waals surface area contributed by atoms with Gasteiger partial charge in [0.05, 0.1) is 0 Å². The number of nitrogens with one attached hydrogen (secondary N) is 3. The van der Waals surface area contributed by atoms with E-state index in [0.717, 1.165) is 0 Å². The summed E-state index contributed by atoms with van der Waals surface area (Å²) in [6, 6.07) is 0. The normalized spacial score (nSPS) is 9.70. The minimum atomic E-state index is -0.240. The first-order valence-electron chi connectivity index (χ1n) is 6.75. The van der Waals surface area contributed by atoms with Crippen molar-refractivity contribution < 1.29 is 19.2 Å². The summed E-state index contributed by atoms with van der Waals surface area (Å²) in [5, 5.41) is 7.77. The molecular weight excluding hydrogens is 262 g/mol. The molecule has 0 aromatic heterocycles. The van der Waals surface area contributed by atoms with Crippen molar-refractivity contribution in [1.29, 1.82) is 0 Å². The number of amides is 3. The smallest absolute Gasteiger partial charge is 0.221 e. The van der Waals surface area contributed by atoms with Crippen molar-refractivity contribution in [2.75, 3.05) is 19.6 Å². The van der Waals surface area contributed by atoms with E-state index in [1.165, 1.54) is 6.92 Å². The van der Waals surface area contributed by atoms with Crippen LogP contribution in [0.5, 0.6) is 0 Å². The van der Waals surface area contributed by atoms with Gasteiger partial charge in [0.2, 0.25) is 17.7 Å². The molecule has 0 heterocycles. The molecule has 7 heteroatoms. The molecule has 0 saturated carbocycles. The van der Waals surface area contributed by atoms with Gasteiger partial charge in [0.15, 0.2) is 0 Å². The maximum absolute atomic E-state index is 11.4. The molecule has 0 aromatic rings. The van der Waals surface area contributed by atoms with Crippen LogP contribution in [0.3, 0.4) is 0 Å². The Morgan fingerprint density at radius 2 is 1.15 bits per heavy atom. The Kier molecular flexibility index (Phi) is 9.90. The summed E-state index contributed by atoms with van der Waals surface area (Å²) in [4.78, 5) is 44.4. The Morgan fingerprint density at radius 3 is 1.60 bits per heavy atom. The molecule has 7 nitrogen and oxygen atoms in total. The topological polar surface area (TPSA) is 104 Å². The van der Waals surface area contributed by atoms with E-state index in [4.69, 9.17) is 0 Å². The van der Waals surface area contributed by atoms with E-state index < -0.39 is 0 Å². The van der Waals surface area contributed by atoms with Crippen LogP contribution in [0.15, 0.2) is 0 Å². The number of ketones is 1. The first-order valence-corrected chi connectivity index (χ1v) is 6.75. The molecule has 0 saturated heterocycles. The molecule has 0 atom stereocenters. The molecule has 0 unspecified atom stereocenters. The molecule has 0 radical (unpaired) electrons. The van der Waals surface area contributed by atoms with E-state index in [-0.39, 0.29) is 62.3 Å². The van der Waals surface area contributed by atoms with Gasteiger partial charge in [-0.15, -0.1) is 0 Å². The molecule has 20 heavy (non-hydrogen) atoms. The second-order valence-electron chi connectivity index (χ2n) is 4.36. The second kappa shape index (κ2) is 11.0. The summed E-state index contributed by atoms with van der Waals surface area (Å²) in [5.41, 5.74) is 0. The fraction of sp³-hybridized carbons (Fsp3) is 0.692. The first kappa shape index (κ1) is 18.1. The van der Waals surface area contributed by atoms with Crippen LogP contribution >= 0.6 is 0 Å². The summed E-state index contributed by atoms with van der Waals surface area (Å²) in [5.74, 6) is -0.606. The van der Waals surface area contributed by atoms with Crippen LogP contribution in [-0.4, -0.2) is 43.1 Å². The van der Waals surface area contributed by atoms with Gasteiger partial charge < -0.3 is 20.7 Å². The molecule has 0 aromatic carbocycles. The fourth-order valence-corrected chi connectivity index (χ4v) is 1.38. The molecule has 0 aliphatic rings. The van der Waals surface area contributed by atoms with Crippen molar-refractivity contribution in [2.24, 2.45) is 0 Å². The Morgan fingerprint density at radius 1 is 0.700 bits per heavy atom. The van der Waals surface area contributed by atoms with E-state index in [2.05, 4.69) is 16.0 Å². The van der Waals surface area contributed by atoms with Crippen LogP contribution < -0.4 is 16.0 Å². The summed E-state index contributed by atoms with van der Waals surface area (Å²) in [6.45, 7) is 4.33. The largest absolute Gasteiger partial charge is 0.356 e. The molecule has 3 amide bonds. The molecular formula is C13H23N3O4. The van der Waals surface area contributed by atoms with Gasteiger partial charge in [0, 0.05) is 45.3 Å². The van der Waals surface area contributed by atoms with Crippen LogP contribution in [0, 0.1) is 0 Å². The van der Waals surface area contributed by atoms with Crippen molar-refractivity contribution in [3.8, 4) is 0 Å². The number of carbonyl (C=O) groups is 4. The van der Waals surface area contributed by atoms with Crippen molar-refractivity contribution in [1.82, 2.24) is 16.0 Å². The van der Waals surface area contributed by atoms with Gasteiger partial charge in [-0.25, -0.2) is 0 Å². The van der Waals surface area contributed by atoms with Crippen LogP contribution in [-0.2, 0) is 19.2 Å². The minimum Gasteiger partial charge on any atom is -0.356 e. The number of Topliss-reactive ketones (excluding diaryl/α,β-unsaturated/α-hetero) is 1. The first-order chi connectivity index (χ1) is 9.45. The Balaban J connectivity index is 3.56. The van der Waals surface area contributed by atoms with Gasteiger partial charge in [0.25, 0.3) is 0 Å². The molecule has 3 N–H and O–H groups in total. The predicted molar refractivity (Wildman–Crippen MR) is 73.9 cm³/mol. The van der Waals surface area contributed by atoms with Gasteiger partial charge in [0.1, 0.15) is 5.78 Å². The maximum Gasteiger partial charge on any atom is 0.221 e. The zero-order chi connectivity index (χ0) is 15.4. The number of hydrogen-bond donors (Lipinski definition) is 3. The lowest BCUT2D eigenvalue weighted by molar-refractivity contribution is -0.125. The van der Waals surface area contributed by atoms with Gasteiger partial charge in [-0.1, -0.05) is 0 Å². The highest BCUT2D eigenvalue weighted by molar-refractivity contribution is 5.84. The van der Waals surface area contributed by atoms with E-state index in [9.17, 15) is 19.2 Å². The lowest BCUT2D eigenvalue weighted by Crippen LogP contribution is -2.33. The molecule has 114 valence electrons. The van der Waals surface area contributed by atoms with Crippen molar-refractivity contribution in [3.63, 3.8) is 0 Å². The van der Waals surface area contributed by atoms with Gasteiger partial charge in [-0.2, -0.15) is 0 Å². The third-order valence-electron chi connectivity index (χ3n) is 2.43. The lowest BCUT2D eigenvalue weighted by Gasteiger charge is -2.06. The standard InChI is InChI=1S/C13H23N3O4/c1-3-14-12(19)6-8-16-13(20)7-9-15-11(18)5-4-10(2)17/h3-9H2,1-2H3,(H,14,19)(H,15,18)(H,16,20). The van der Waals surface area contributed by atoms with Crippen LogP contribution in [0.4, 0.5) is 0 Å². The minimum absolute atomic E-state index is 0.0387. The summed E-state index contributed by atoms with van der Waals surface area (Å²) in [7, 11) is 0. The zero-order valence-electron chi connectivity index (χ0n) is 12.1. The highest BCUT2D eigenvalue weighted by Crippen LogP contribution is 1.90. The van der Waals surface area contributed by atoms with Crippen LogP contribution in [0.1, 0.15) is 39.5 Å². The average molecular weight is 285 g/mol. The molecule has 0 aliphatic carbocycles. The van der Waals surface area contributed by atoms with Crippen LogP contribution in [0.25, 0.3) is 0 Å². The second-order valence-corrected chi connectivity index (χ2v) is 4.36. The van der Waals surface area contributed by atoms with Gasteiger partial charge >= 0.3 is 0 Å². The lowest BCUT2D eigenvalue weighted by atomic mass is 10.2. The Hall–Kier alpha value is -1.92. The molecule has 0 rings (SSSR count). The monoisotopic (exact) mass is 285 g/mol. The van der Waals surface area contributed by atoms with Crippen molar-refractivity contribution in [2.45, 2.75) is 39.5 Å². The highest BCUT2D eigenvalue weighted by Gasteiger charge is 2.06. The van der Waals surface area contributed by atoms with Gasteiger partial charge in [-0.3, -0.25) is 14.4 Å². The summed E-state index contributed by atoms with van der Waals surface area (Å²) in [6.07, 6.45) is 0.754. The molecule has 0 aliphatic heterocycles. The predicted octanol–water partition coefficient (Wildman–Crippen LogP) is -0.496. The maximum atomic E-state index is 11.4. The Bertz CT molecular complexity index is 356. The number of hydrogen-bond acceptors (Lipinski definition) is 4. The summed E-state index contributed by atoms with van der Waals surface area (Å²) < 4.78 is 0. The molecule has 0 fully saturated rings. The van der Waals surface area contributed by atoms with Crippen molar-refractivity contribution >= 4 is 23.5 Å². The van der Waals surface area contributed by atoms with Crippen molar-refractivity contribution in [3.05, 3.63) is 0 Å². The molecule has 0 bridgehead atoms. The SMILES string of the molecule is CCNC(=O)CCNC(=O)CCNC(=O)CCC(C)=O. The van der Waals surface area contributed by atoms with E-state index in [1.54, 1.807) is 0 Å². The van der Waals surface area contributed by atoms with E-state index >= 15 is 0 Å². The molecule has 0 spiro atoms. The third kappa shape index (κ3) is 11.2. The highest BCUT2D eigenvalue weighted by atomic mass is 16.2. The quantitative estimate of drug-likeness (QED) is 0.503. The average Bonchev–Trinajstić information content (AvgIpc) is 2.36. The van der Waals surface area contributed by atoms with E-state index in [0.29, 0.717) is 6.54 Å². The van der Waals surface area contributed by atoms with Gasteiger partial charge in [-0.05, 0) is 13.8 Å². The van der Waals surface area contributed by atoms with Crippen LogP contribution in [0.2, 0.25) is 0 Å². The zero-order valence-corrected chi connectivity index (χ0v) is 12.1. The fourth-order valence-electron chi connectivity index (χ4n) is 1.38. The third-order valence-corrected chi connectivity index (χ3v) is 2.43. The summed E-state index contributed by atoms with van der Waals surface area (Å²) >= 11 is 0. The van der Waals surface area contributed by atoms with E-state index in [1.807, 2.05) is 6.92 Å². The number of rotatable bonds is 10.